The Hall–Kier alpha value is -1.06. The van der Waals surface area contributed by atoms with Gasteiger partial charge in [-0.15, -0.1) is 11.6 Å². The topological polar surface area (TPSA) is 40.5 Å². The van der Waals surface area contributed by atoms with Crippen molar-refractivity contribution in [3.8, 4) is 0 Å². The van der Waals surface area contributed by atoms with Gasteiger partial charge in [-0.05, 0) is 23.8 Å². The minimum atomic E-state index is -0.430. The molecule has 0 radical (unpaired) electrons. The number of hydrogen-bond donors (Lipinski definition) is 1. The molecule has 4 heteroatoms. The van der Waals surface area contributed by atoms with Gasteiger partial charge in [0.2, 0.25) is 0 Å². The van der Waals surface area contributed by atoms with E-state index < -0.39 is 5.91 Å². The predicted molar refractivity (Wildman–Crippen MR) is 61.5 cm³/mol. The summed E-state index contributed by atoms with van der Waals surface area (Å²) in [5.41, 5.74) is 1.28. The summed E-state index contributed by atoms with van der Waals surface area (Å²) in [5, 5.41) is 10.1. The first-order chi connectivity index (χ1) is 7.72. The molecule has 16 heavy (non-hydrogen) atoms. The van der Waals surface area contributed by atoms with Gasteiger partial charge in [0.1, 0.15) is 5.88 Å². The van der Waals surface area contributed by atoms with Crippen LogP contribution in [0.1, 0.15) is 17.9 Å². The Balaban J connectivity index is 1.86. The second-order valence-electron chi connectivity index (χ2n) is 4.12. The summed E-state index contributed by atoms with van der Waals surface area (Å²) in [6.07, 6.45) is 1.02. The monoisotopic (exact) mass is 239 g/mol. The van der Waals surface area contributed by atoms with Crippen molar-refractivity contribution in [2.24, 2.45) is 5.92 Å². The maximum absolute atomic E-state index is 11.1. The maximum Gasteiger partial charge on any atom is 0.260 e. The van der Waals surface area contributed by atoms with Crippen LogP contribution in [0.15, 0.2) is 30.3 Å². The summed E-state index contributed by atoms with van der Waals surface area (Å²) < 4.78 is 0. The molecule has 2 atom stereocenters. The summed E-state index contributed by atoms with van der Waals surface area (Å²) in [5.74, 6) is 0.234. The molecule has 2 rings (SSSR count). The smallest absolute Gasteiger partial charge is 0.260 e. The highest BCUT2D eigenvalue weighted by Gasteiger charge is 2.39. The Morgan fingerprint density at radius 2 is 2.12 bits per heavy atom. The highest BCUT2D eigenvalue weighted by atomic mass is 35.5. The molecular formula is C12H14ClNO2. The number of alkyl halides is 1. The molecule has 0 aromatic heterocycles. The van der Waals surface area contributed by atoms with E-state index in [0.29, 0.717) is 18.4 Å². The molecule has 0 bridgehead atoms. The lowest BCUT2D eigenvalue weighted by Crippen LogP contribution is -2.30. The molecular weight excluding hydrogens is 226 g/mol. The summed E-state index contributed by atoms with van der Waals surface area (Å²) in [7, 11) is 0. The zero-order valence-corrected chi connectivity index (χ0v) is 9.60. The van der Waals surface area contributed by atoms with Crippen LogP contribution in [0.2, 0.25) is 0 Å². The van der Waals surface area contributed by atoms with Crippen LogP contribution in [0.4, 0.5) is 0 Å². The van der Waals surface area contributed by atoms with Crippen molar-refractivity contribution in [2.45, 2.75) is 12.3 Å². The van der Waals surface area contributed by atoms with Gasteiger partial charge in [-0.1, -0.05) is 30.3 Å². The van der Waals surface area contributed by atoms with Crippen LogP contribution in [-0.4, -0.2) is 28.6 Å². The third-order valence-corrected chi connectivity index (χ3v) is 3.19. The average molecular weight is 240 g/mol. The van der Waals surface area contributed by atoms with Gasteiger partial charge in [-0.3, -0.25) is 10.0 Å². The zero-order chi connectivity index (χ0) is 11.5. The Kier molecular flexibility index (Phi) is 3.46. The van der Waals surface area contributed by atoms with Crippen molar-refractivity contribution in [1.29, 1.82) is 0 Å². The minimum absolute atomic E-state index is 0.167. The van der Waals surface area contributed by atoms with E-state index in [2.05, 4.69) is 12.1 Å². The first-order valence-corrected chi connectivity index (χ1v) is 5.86. The number of carbonyl (C=O) groups excluding carboxylic acids is 1. The zero-order valence-electron chi connectivity index (χ0n) is 8.84. The molecule has 1 N–H and O–H groups in total. The first-order valence-electron chi connectivity index (χ1n) is 5.32. The molecule has 1 aromatic rings. The molecule has 1 amide bonds. The third-order valence-electron chi connectivity index (χ3n) is 2.96. The number of nitrogens with zero attached hydrogens (tertiary/aromatic N) is 1. The summed E-state index contributed by atoms with van der Waals surface area (Å²) in [6, 6.07) is 10.2. The van der Waals surface area contributed by atoms with Crippen molar-refractivity contribution in [1.82, 2.24) is 5.06 Å². The van der Waals surface area contributed by atoms with Crippen molar-refractivity contribution in [2.75, 3.05) is 12.4 Å². The number of carbonyl (C=O) groups is 1. The Bertz CT molecular complexity index is 369. The van der Waals surface area contributed by atoms with Gasteiger partial charge in [-0.25, -0.2) is 5.06 Å². The molecule has 86 valence electrons. The summed E-state index contributed by atoms with van der Waals surface area (Å²) in [6.45, 7) is 0.380. The summed E-state index contributed by atoms with van der Waals surface area (Å²) >= 11 is 5.35. The second kappa shape index (κ2) is 4.85. The first kappa shape index (κ1) is 11.4. The van der Waals surface area contributed by atoms with Crippen LogP contribution in [-0.2, 0) is 4.79 Å². The van der Waals surface area contributed by atoms with E-state index in [4.69, 9.17) is 11.6 Å². The molecule has 1 saturated carbocycles. The van der Waals surface area contributed by atoms with Gasteiger partial charge in [0, 0.05) is 0 Å². The molecule has 1 unspecified atom stereocenters. The molecule has 1 aromatic carbocycles. The van der Waals surface area contributed by atoms with E-state index in [0.717, 1.165) is 11.5 Å². The van der Waals surface area contributed by atoms with E-state index >= 15 is 0 Å². The van der Waals surface area contributed by atoms with Gasteiger partial charge in [0.05, 0.1) is 6.54 Å². The number of hydrogen-bond acceptors (Lipinski definition) is 2. The molecule has 0 heterocycles. The fourth-order valence-electron chi connectivity index (χ4n) is 1.95. The van der Waals surface area contributed by atoms with Crippen molar-refractivity contribution in [3.63, 3.8) is 0 Å². The molecule has 3 nitrogen and oxygen atoms in total. The minimum Gasteiger partial charge on any atom is -0.286 e. The van der Waals surface area contributed by atoms with E-state index in [1.807, 2.05) is 18.2 Å². The lowest BCUT2D eigenvalue weighted by Gasteiger charge is -2.12. The van der Waals surface area contributed by atoms with E-state index in [9.17, 15) is 10.0 Å². The van der Waals surface area contributed by atoms with Crippen LogP contribution in [0, 0.1) is 5.92 Å². The van der Waals surface area contributed by atoms with E-state index in [1.165, 1.54) is 5.56 Å². The van der Waals surface area contributed by atoms with Gasteiger partial charge < -0.3 is 0 Å². The van der Waals surface area contributed by atoms with Gasteiger partial charge in [-0.2, -0.15) is 0 Å². The number of hydroxylamine groups is 2. The lowest BCUT2D eigenvalue weighted by molar-refractivity contribution is -0.163. The van der Waals surface area contributed by atoms with Gasteiger partial charge in [0.25, 0.3) is 5.91 Å². The standard InChI is InChI=1S/C12H14ClNO2/c13-7-12(15)14(16)8-10-6-11(10)9-4-2-1-3-5-9/h1-5,10-11,16H,6-8H2/t10-,11?/m1/s1. The van der Waals surface area contributed by atoms with Crippen LogP contribution in [0.3, 0.4) is 0 Å². The predicted octanol–water partition coefficient (Wildman–Crippen LogP) is 2.25. The number of halogens is 1. The van der Waals surface area contributed by atoms with Crippen molar-refractivity contribution < 1.29 is 10.0 Å². The number of benzene rings is 1. The Morgan fingerprint density at radius 3 is 2.75 bits per heavy atom. The number of rotatable bonds is 4. The van der Waals surface area contributed by atoms with Gasteiger partial charge in [0.15, 0.2) is 0 Å². The fourth-order valence-corrected chi connectivity index (χ4v) is 2.09. The van der Waals surface area contributed by atoms with Crippen LogP contribution in [0.25, 0.3) is 0 Å². The number of amides is 1. The maximum atomic E-state index is 11.1. The molecule has 1 fully saturated rings. The Morgan fingerprint density at radius 1 is 1.44 bits per heavy atom. The van der Waals surface area contributed by atoms with E-state index in [-0.39, 0.29) is 5.88 Å². The largest absolute Gasteiger partial charge is 0.286 e. The molecule has 1 aliphatic carbocycles. The lowest BCUT2D eigenvalue weighted by atomic mass is 10.1. The van der Waals surface area contributed by atoms with Crippen molar-refractivity contribution >= 4 is 17.5 Å². The fraction of sp³-hybridized carbons (Fsp3) is 0.417. The molecule has 1 aliphatic rings. The normalized spacial score (nSPS) is 22.9. The highest BCUT2D eigenvalue weighted by Crippen LogP contribution is 2.47. The van der Waals surface area contributed by atoms with Crippen molar-refractivity contribution in [3.05, 3.63) is 35.9 Å². The van der Waals surface area contributed by atoms with Gasteiger partial charge >= 0.3 is 0 Å². The third kappa shape index (κ3) is 2.54. The van der Waals surface area contributed by atoms with E-state index in [1.54, 1.807) is 0 Å². The quantitative estimate of drug-likeness (QED) is 0.497. The summed E-state index contributed by atoms with van der Waals surface area (Å²) in [4.78, 5) is 11.1. The highest BCUT2D eigenvalue weighted by molar-refractivity contribution is 6.27. The molecule has 0 spiro atoms. The van der Waals surface area contributed by atoms with Crippen LogP contribution in [0.5, 0.6) is 0 Å². The molecule has 0 saturated heterocycles. The van der Waals surface area contributed by atoms with Crippen LogP contribution >= 0.6 is 11.6 Å². The average Bonchev–Trinajstić information content (AvgIpc) is 3.08. The molecule has 0 aliphatic heterocycles. The second-order valence-corrected chi connectivity index (χ2v) is 4.39. The Labute approximate surface area is 99.6 Å². The SMILES string of the molecule is O=C(CCl)N(O)C[C@H]1CC1c1ccccc1. The van der Waals surface area contributed by atoms with Crippen LogP contribution < -0.4 is 0 Å².